The summed E-state index contributed by atoms with van der Waals surface area (Å²) in [4.78, 5) is 16.3. The first kappa shape index (κ1) is 18.3. The summed E-state index contributed by atoms with van der Waals surface area (Å²) < 4.78 is 15.3. The van der Waals surface area contributed by atoms with Gasteiger partial charge >= 0.3 is 5.97 Å². The molecule has 0 bridgehead atoms. The standard InChI is InChI=1S/C17H17N3O4S/c1-10-9-25-16(20-10)11(7-18)8-19-13-6-15(23-3)14(22-2)5-12(13)17(21)24-4/h5-6,8-9,19H,1-4H3/b11-8+. The molecule has 1 aromatic heterocycles. The molecule has 1 heterocycles. The Balaban J connectivity index is 2.44. The van der Waals surface area contributed by atoms with E-state index in [-0.39, 0.29) is 5.56 Å². The molecule has 1 aromatic carbocycles. The first-order valence-corrected chi connectivity index (χ1v) is 8.05. The second-order valence-corrected chi connectivity index (χ2v) is 5.71. The van der Waals surface area contributed by atoms with Crippen LogP contribution in [0.25, 0.3) is 5.57 Å². The number of allylic oxidation sites excluding steroid dienone is 1. The van der Waals surface area contributed by atoms with E-state index in [2.05, 4.69) is 16.4 Å². The maximum absolute atomic E-state index is 12.0. The van der Waals surface area contributed by atoms with Crippen LogP contribution in [0.4, 0.5) is 5.69 Å². The van der Waals surface area contributed by atoms with Gasteiger partial charge in [0.2, 0.25) is 0 Å². The van der Waals surface area contributed by atoms with Crippen LogP contribution >= 0.6 is 11.3 Å². The molecule has 130 valence electrons. The molecule has 0 amide bonds. The minimum atomic E-state index is -0.541. The van der Waals surface area contributed by atoms with Gasteiger partial charge in [0.15, 0.2) is 11.5 Å². The minimum absolute atomic E-state index is 0.254. The first-order valence-electron chi connectivity index (χ1n) is 7.17. The van der Waals surface area contributed by atoms with Gasteiger partial charge in [-0.1, -0.05) is 0 Å². The number of nitrogens with one attached hydrogen (secondary N) is 1. The lowest BCUT2D eigenvalue weighted by molar-refractivity contribution is 0.0601. The summed E-state index contributed by atoms with van der Waals surface area (Å²) in [6, 6.07) is 5.21. The minimum Gasteiger partial charge on any atom is -0.493 e. The van der Waals surface area contributed by atoms with Gasteiger partial charge in [0.05, 0.1) is 32.6 Å². The zero-order chi connectivity index (χ0) is 18.4. The summed E-state index contributed by atoms with van der Waals surface area (Å²) in [6.07, 6.45) is 1.49. The molecule has 2 rings (SSSR count). The van der Waals surface area contributed by atoms with Crippen molar-refractivity contribution in [3.63, 3.8) is 0 Å². The second-order valence-electron chi connectivity index (χ2n) is 4.85. The van der Waals surface area contributed by atoms with E-state index in [4.69, 9.17) is 14.2 Å². The van der Waals surface area contributed by atoms with Crippen molar-refractivity contribution >= 4 is 28.6 Å². The van der Waals surface area contributed by atoms with E-state index in [1.165, 1.54) is 44.9 Å². The van der Waals surface area contributed by atoms with Crippen molar-refractivity contribution in [2.24, 2.45) is 0 Å². The molecule has 7 nitrogen and oxygen atoms in total. The number of benzene rings is 1. The normalized spacial score (nSPS) is 10.8. The fourth-order valence-corrected chi connectivity index (χ4v) is 2.81. The van der Waals surface area contributed by atoms with Crippen molar-refractivity contribution in [2.45, 2.75) is 6.92 Å². The molecule has 0 unspecified atom stereocenters. The van der Waals surface area contributed by atoms with Crippen molar-refractivity contribution < 1.29 is 19.0 Å². The molecule has 25 heavy (non-hydrogen) atoms. The van der Waals surface area contributed by atoms with Crippen molar-refractivity contribution in [1.82, 2.24) is 4.98 Å². The smallest absolute Gasteiger partial charge is 0.340 e. The van der Waals surface area contributed by atoms with Gasteiger partial charge in [0.1, 0.15) is 16.6 Å². The lowest BCUT2D eigenvalue weighted by Gasteiger charge is -2.13. The van der Waals surface area contributed by atoms with Gasteiger partial charge in [-0.2, -0.15) is 5.26 Å². The summed E-state index contributed by atoms with van der Waals surface area (Å²) in [7, 11) is 4.26. The number of rotatable bonds is 6. The fourth-order valence-electron chi connectivity index (χ4n) is 2.05. The summed E-state index contributed by atoms with van der Waals surface area (Å²) in [5.74, 6) is 0.295. The predicted molar refractivity (Wildman–Crippen MR) is 94.9 cm³/mol. The molecule has 0 saturated carbocycles. The Hall–Kier alpha value is -3.05. The van der Waals surface area contributed by atoms with E-state index in [0.717, 1.165) is 5.69 Å². The summed E-state index contributed by atoms with van der Waals surface area (Å²) in [5.41, 5.74) is 1.86. The van der Waals surface area contributed by atoms with E-state index < -0.39 is 5.97 Å². The number of aromatic nitrogens is 1. The maximum Gasteiger partial charge on any atom is 0.340 e. The Labute approximate surface area is 149 Å². The van der Waals surface area contributed by atoms with Crippen molar-refractivity contribution in [1.29, 1.82) is 5.26 Å². The average molecular weight is 359 g/mol. The number of anilines is 1. The third kappa shape index (κ3) is 4.08. The van der Waals surface area contributed by atoms with Crippen LogP contribution in [0.15, 0.2) is 23.7 Å². The number of ether oxygens (including phenoxy) is 3. The molecule has 0 aliphatic carbocycles. The molecule has 0 aliphatic heterocycles. The molecule has 0 saturated heterocycles. The SMILES string of the molecule is COC(=O)c1cc(OC)c(OC)cc1N/C=C(\C#N)c1nc(C)cs1. The zero-order valence-electron chi connectivity index (χ0n) is 14.2. The molecule has 0 fully saturated rings. The monoisotopic (exact) mass is 359 g/mol. The maximum atomic E-state index is 12.0. The number of nitrogens with zero attached hydrogens (tertiary/aromatic N) is 2. The average Bonchev–Trinajstić information content (AvgIpc) is 3.07. The Bertz CT molecular complexity index is 852. The van der Waals surface area contributed by atoms with E-state index in [9.17, 15) is 10.1 Å². The van der Waals surface area contributed by atoms with Crippen molar-refractivity contribution in [3.8, 4) is 17.6 Å². The highest BCUT2D eigenvalue weighted by Crippen LogP contribution is 2.34. The van der Waals surface area contributed by atoms with Gasteiger partial charge in [-0.05, 0) is 6.92 Å². The number of carbonyl (C=O) groups excluding carboxylic acids is 1. The molecule has 0 atom stereocenters. The van der Waals surface area contributed by atoms with E-state index >= 15 is 0 Å². The number of hydrogen-bond acceptors (Lipinski definition) is 8. The lowest BCUT2D eigenvalue weighted by Crippen LogP contribution is -2.07. The quantitative estimate of drug-likeness (QED) is 0.625. The van der Waals surface area contributed by atoms with Crippen molar-refractivity contribution in [2.75, 3.05) is 26.6 Å². The largest absolute Gasteiger partial charge is 0.493 e. The highest BCUT2D eigenvalue weighted by Gasteiger charge is 2.17. The molecule has 0 spiro atoms. The second kappa shape index (κ2) is 8.17. The topological polar surface area (TPSA) is 93.5 Å². The van der Waals surface area contributed by atoms with Crippen LogP contribution in [0.5, 0.6) is 11.5 Å². The molecule has 8 heteroatoms. The Morgan fingerprint density at radius 3 is 2.48 bits per heavy atom. The Morgan fingerprint density at radius 1 is 1.28 bits per heavy atom. The molecular formula is C17H17N3O4S. The van der Waals surface area contributed by atoms with Gasteiger partial charge in [-0.15, -0.1) is 11.3 Å². The van der Waals surface area contributed by atoms with Gasteiger partial charge in [-0.3, -0.25) is 0 Å². The number of nitriles is 1. The van der Waals surface area contributed by atoms with Crippen LogP contribution in [0.1, 0.15) is 21.1 Å². The molecule has 2 aromatic rings. The van der Waals surface area contributed by atoms with Crippen LogP contribution < -0.4 is 14.8 Å². The Kier molecular flexibility index (Phi) is 5.98. The van der Waals surface area contributed by atoms with Crippen LogP contribution in [0.3, 0.4) is 0 Å². The third-order valence-corrected chi connectivity index (χ3v) is 4.26. The van der Waals surface area contributed by atoms with Crippen LogP contribution in [0, 0.1) is 18.3 Å². The van der Waals surface area contributed by atoms with E-state index in [0.29, 0.717) is 27.8 Å². The molecule has 1 N–H and O–H groups in total. The van der Waals surface area contributed by atoms with Gasteiger partial charge < -0.3 is 19.5 Å². The Morgan fingerprint density at radius 2 is 1.96 bits per heavy atom. The summed E-state index contributed by atoms with van der Waals surface area (Å²) >= 11 is 1.37. The van der Waals surface area contributed by atoms with E-state index in [1.807, 2.05) is 12.3 Å². The highest BCUT2D eigenvalue weighted by atomic mass is 32.1. The number of thiazole rings is 1. The molecule has 0 aliphatic rings. The lowest BCUT2D eigenvalue weighted by atomic mass is 10.1. The number of carbonyl (C=O) groups is 1. The fraction of sp³-hybridized carbons (Fsp3) is 0.235. The van der Waals surface area contributed by atoms with Crippen LogP contribution in [-0.4, -0.2) is 32.3 Å². The summed E-state index contributed by atoms with van der Waals surface area (Å²) in [5, 5.41) is 14.8. The van der Waals surface area contributed by atoms with Crippen LogP contribution in [-0.2, 0) is 4.74 Å². The zero-order valence-corrected chi connectivity index (χ0v) is 15.1. The number of methoxy groups -OCH3 is 3. The highest BCUT2D eigenvalue weighted by molar-refractivity contribution is 7.10. The van der Waals surface area contributed by atoms with Crippen molar-refractivity contribution in [3.05, 3.63) is 40.0 Å². The van der Waals surface area contributed by atoms with E-state index in [1.54, 1.807) is 6.07 Å². The van der Waals surface area contributed by atoms with Gasteiger partial charge in [0.25, 0.3) is 0 Å². The van der Waals surface area contributed by atoms with Gasteiger partial charge in [-0.25, -0.2) is 9.78 Å². The molecular weight excluding hydrogens is 342 g/mol. The molecule has 0 radical (unpaired) electrons. The number of hydrogen-bond donors (Lipinski definition) is 1. The van der Waals surface area contributed by atoms with Crippen LogP contribution in [0.2, 0.25) is 0 Å². The number of esters is 1. The summed E-state index contributed by atoms with van der Waals surface area (Å²) in [6.45, 7) is 1.85. The third-order valence-electron chi connectivity index (χ3n) is 3.27. The predicted octanol–water partition coefficient (Wildman–Crippen LogP) is 3.23. The number of aryl methyl sites for hydroxylation is 1. The van der Waals surface area contributed by atoms with Gasteiger partial charge in [0, 0.05) is 29.4 Å². The first-order chi connectivity index (χ1) is 12.0.